The molecule has 6 heteroatoms. The molecule has 5 nitrogen and oxygen atoms in total. The Hall–Kier alpha value is -1.42. The van der Waals surface area contributed by atoms with Gasteiger partial charge in [0.25, 0.3) is 0 Å². The summed E-state index contributed by atoms with van der Waals surface area (Å²) in [4.78, 5) is 0.140. The third kappa shape index (κ3) is 3.53. The quantitative estimate of drug-likeness (QED) is 0.727. The lowest BCUT2D eigenvalue weighted by molar-refractivity contribution is 0.189. The van der Waals surface area contributed by atoms with Gasteiger partial charge in [-0.15, -0.1) is 0 Å². The summed E-state index contributed by atoms with van der Waals surface area (Å²) in [5, 5.41) is 8.76. The highest BCUT2D eigenvalue weighted by Gasteiger charge is 2.20. The first-order valence-corrected chi connectivity index (χ1v) is 6.92. The Morgan fingerprint density at radius 2 is 2.17 bits per heavy atom. The van der Waals surface area contributed by atoms with Crippen LogP contribution in [-0.4, -0.2) is 40.0 Å². The molecule has 0 fully saturated rings. The SMILES string of the molecule is COCCCN(C)S(=O)(=O)c1cccc(C#N)c1. The topological polar surface area (TPSA) is 70.4 Å². The van der Waals surface area contributed by atoms with Crippen molar-refractivity contribution in [2.75, 3.05) is 27.3 Å². The van der Waals surface area contributed by atoms with Gasteiger partial charge in [0.1, 0.15) is 0 Å². The molecular weight excluding hydrogens is 252 g/mol. The van der Waals surface area contributed by atoms with E-state index in [9.17, 15) is 8.42 Å². The van der Waals surface area contributed by atoms with Crippen molar-refractivity contribution >= 4 is 10.0 Å². The Morgan fingerprint density at radius 1 is 1.44 bits per heavy atom. The van der Waals surface area contributed by atoms with Gasteiger partial charge in [-0.1, -0.05) is 6.07 Å². The Kier molecular flexibility index (Phi) is 5.28. The first kappa shape index (κ1) is 14.6. The maximum Gasteiger partial charge on any atom is 0.242 e. The fourth-order valence-corrected chi connectivity index (χ4v) is 2.71. The number of sulfonamides is 1. The Morgan fingerprint density at radius 3 is 2.78 bits per heavy atom. The van der Waals surface area contributed by atoms with Crippen LogP contribution in [0.25, 0.3) is 0 Å². The molecule has 0 heterocycles. The lowest BCUT2D eigenvalue weighted by atomic mass is 10.2. The van der Waals surface area contributed by atoms with E-state index in [0.717, 1.165) is 0 Å². The molecule has 0 spiro atoms. The normalized spacial score (nSPS) is 11.4. The zero-order chi connectivity index (χ0) is 13.6. The molecule has 98 valence electrons. The third-order valence-corrected chi connectivity index (χ3v) is 4.35. The summed E-state index contributed by atoms with van der Waals surface area (Å²) in [5.74, 6) is 0. The molecular formula is C12H16N2O3S. The van der Waals surface area contributed by atoms with Crippen LogP contribution in [0.1, 0.15) is 12.0 Å². The molecule has 0 N–H and O–H groups in total. The predicted octanol–water partition coefficient (Wildman–Crippen LogP) is 1.22. The van der Waals surface area contributed by atoms with Crippen molar-refractivity contribution in [3.05, 3.63) is 29.8 Å². The molecule has 0 amide bonds. The number of nitriles is 1. The van der Waals surface area contributed by atoms with Gasteiger partial charge in [0.2, 0.25) is 10.0 Å². The number of nitrogens with zero attached hydrogens (tertiary/aromatic N) is 2. The number of ether oxygens (including phenoxy) is 1. The average molecular weight is 268 g/mol. The van der Waals surface area contributed by atoms with E-state index in [1.54, 1.807) is 19.2 Å². The largest absolute Gasteiger partial charge is 0.385 e. The molecule has 1 aromatic carbocycles. The average Bonchev–Trinajstić information content (AvgIpc) is 2.39. The zero-order valence-electron chi connectivity index (χ0n) is 10.5. The Bertz CT molecular complexity index is 534. The zero-order valence-corrected chi connectivity index (χ0v) is 11.3. The maximum absolute atomic E-state index is 12.2. The summed E-state index contributed by atoms with van der Waals surface area (Å²) in [6.45, 7) is 0.894. The second-order valence-electron chi connectivity index (χ2n) is 3.81. The van der Waals surface area contributed by atoms with E-state index in [4.69, 9.17) is 10.00 Å². The van der Waals surface area contributed by atoms with Gasteiger partial charge in [0.05, 0.1) is 16.5 Å². The highest BCUT2D eigenvalue weighted by molar-refractivity contribution is 7.89. The molecule has 1 rings (SSSR count). The highest BCUT2D eigenvalue weighted by Crippen LogP contribution is 2.15. The first-order valence-electron chi connectivity index (χ1n) is 5.48. The molecule has 0 saturated heterocycles. The van der Waals surface area contributed by atoms with E-state index in [-0.39, 0.29) is 4.90 Å². The van der Waals surface area contributed by atoms with Crippen LogP contribution >= 0.6 is 0 Å². The van der Waals surface area contributed by atoms with Gasteiger partial charge < -0.3 is 4.74 Å². The van der Waals surface area contributed by atoms with Crippen LogP contribution in [0.5, 0.6) is 0 Å². The minimum Gasteiger partial charge on any atom is -0.385 e. The molecule has 0 aliphatic carbocycles. The minimum atomic E-state index is -3.53. The van der Waals surface area contributed by atoms with Gasteiger partial charge in [0.15, 0.2) is 0 Å². The van der Waals surface area contributed by atoms with E-state index in [2.05, 4.69) is 0 Å². The number of hydrogen-bond acceptors (Lipinski definition) is 4. The fourth-order valence-electron chi connectivity index (χ4n) is 1.46. The smallest absolute Gasteiger partial charge is 0.242 e. The lowest BCUT2D eigenvalue weighted by Gasteiger charge is -2.16. The Labute approximate surface area is 108 Å². The lowest BCUT2D eigenvalue weighted by Crippen LogP contribution is -2.28. The van der Waals surface area contributed by atoms with E-state index in [1.807, 2.05) is 6.07 Å². The molecule has 0 bridgehead atoms. The molecule has 0 unspecified atom stereocenters. The van der Waals surface area contributed by atoms with Crippen molar-refractivity contribution in [2.45, 2.75) is 11.3 Å². The molecule has 0 radical (unpaired) electrons. The van der Waals surface area contributed by atoms with Crippen LogP contribution in [0.15, 0.2) is 29.2 Å². The van der Waals surface area contributed by atoms with Crippen molar-refractivity contribution in [2.24, 2.45) is 0 Å². The van der Waals surface area contributed by atoms with E-state index >= 15 is 0 Å². The van der Waals surface area contributed by atoms with Crippen molar-refractivity contribution in [3.8, 4) is 6.07 Å². The van der Waals surface area contributed by atoms with Gasteiger partial charge >= 0.3 is 0 Å². The van der Waals surface area contributed by atoms with Gasteiger partial charge in [-0.3, -0.25) is 0 Å². The van der Waals surface area contributed by atoms with Gasteiger partial charge in [0, 0.05) is 27.3 Å². The molecule has 0 aliphatic rings. The standard InChI is InChI=1S/C12H16N2O3S/c1-14(7-4-8-17-2)18(15,16)12-6-3-5-11(9-12)10-13/h3,5-6,9H,4,7-8H2,1-2H3. The van der Waals surface area contributed by atoms with Crippen LogP contribution in [0.2, 0.25) is 0 Å². The minimum absolute atomic E-state index is 0.140. The van der Waals surface area contributed by atoms with Crippen molar-refractivity contribution in [1.82, 2.24) is 4.31 Å². The maximum atomic E-state index is 12.2. The van der Waals surface area contributed by atoms with Gasteiger partial charge in [-0.25, -0.2) is 12.7 Å². The van der Waals surface area contributed by atoms with Crippen LogP contribution in [0.3, 0.4) is 0 Å². The van der Waals surface area contributed by atoms with Crippen molar-refractivity contribution in [3.63, 3.8) is 0 Å². The fraction of sp³-hybridized carbons (Fsp3) is 0.417. The first-order chi connectivity index (χ1) is 8.52. The van der Waals surface area contributed by atoms with Crippen LogP contribution in [0.4, 0.5) is 0 Å². The van der Waals surface area contributed by atoms with E-state index in [1.165, 1.54) is 23.5 Å². The summed E-state index contributed by atoms with van der Waals surface area (Å²) in [6, 6.07) is 7.93. The number of hydrogen-bond donors (Lipinski definition) is 0. The highest BCUT2D eigenvalue weighted by atomic mass is 32.2. The number of methoxy groups -OCH3 is 1. The Balaban J connectivity index is 2.88. The van der Waals surface area contributed by atoms with Crippen LogP contribution in [0, 0.1) is 11.3 Å². The van der Waals surface area contributed by atoms with Crippen LogP contribution in [-0.2, 0) is 14.8 Å². The van der Waals surface area contributed by atoms with E-state index < -0.39 is 10.0 Å². The molecule has 18 heavy (non-hydrogen) atoms. The van der Waals surface area contributed by atoms with Crippen molar-refractivity contribution < 1.29 is 13.2 Å². The van der Waals surface area contributed by atoms with Crippen LogP contribution < -0.4 is 0 Å². The second kappa shape index (κ2) is 6.50. The van der Waals surface area contributed by atoms with E-state index in [0.29, 0.717) is 25.1 Å². The third-order valence-electron chi connectivity index (χ3n) is 2.49. The summed E-state index contributed by atoms with van der Waals surface area (Å²) >= 11 is 0. The summed E-state index contributed by atoms with van der Waals surface area (Å²) in [7, 11) is -0.433. The summed E-state index contributed by atoms with van der Waals surface area (Å²) in [5.41, 5.74) is 0.335. The van der Waals surface area contributed by atoms with Gasteiger partial charge in [-0.05, 0) is 24.6 Å². The molecule has 0 aliphatic heterocycles. The molecule has 0 atom stereocenters. The number of benzene rings is 1. The van der Waals surface area contributed by atoms with Crippen molar-refractivity contribution in [1.29, 1.82) is 5.26 Å². The van der Waals surface area contributed by atoms with Gasteiger partial charge in [-0.2, -0.15) is 5.26 Å². The second-order valence-corrected chi connectivity index (χ2v) is 5.86. The monoisotopic (exact) mass is 268 g/mol. The predicted molar refractivity (Wildman–Crippen MR) is 67.5 cm³/mol. The molecule has 0 saturated carbocycles. The molecule has 0 aromatic heterocycles. The molecule has 1 aromatic rings. The summed E-state index contributed by atoms with van der Waals surface area (Å²) in [6.07, 6.45) is 0.629. The number of rotatable bonds is 6. The summed E-state index contributed by atoms with van der Waals surface area (Å²) < 4.78 is 30.5.